The number of rotatable bonds is 7. The van der Waals surface area contributed by atoms with Gasteiger partial charge in [-0.15, -0.1) is 0 Å². The lowest BCUT2D eigenvalue weighted by molar-refractivity contribution is -0.119. The number of carbonyl (C=O) groups excluding carboxylic acids is 2. The molecule has 0 bridgehead atoms. The van der Waals surface area contributed by atoms with Crippen molar-refractivity contribution in [1.29, 1.82) is 0 Å². The Balaban J connectivity index is 2.82. The van der Waals surface area contributed by atoms with Crippen LogP contribution in [0.5, 0.6) is 0 Å². The first-order valence-electron chi connectivity index (χ1n) is 6.44. The Labute approximate surface area is 118 Å². The maximum Gasteiger partial charge on any atom is 0.268 e. The van der Waals surface area contributed by atoms with Crippen molar-refractivity contribution in [1.82, 2.24) is 10.3 Å². The van der Waals surface area contributed by atoms with Crippen molar-refractivity contribution in [2.45, 2.75) is 27.3 Å². The highest BCUT2D eigenvalue weighted by Crippen LogP contribution is 2.16. The van der Waals surface area contributed by atoms with Crippen molar-refractivity contribution in [3.8, 4) is 0 Å². The minimum absolute atomic E-state index is 0.149. The average molecular weight is 282 g/mol. The van der Waals surface area contributed by atoms with Gasteiger partial charge in [-0.2, -0.15) is 0 Å². The number of nitrogen functional groups attached to an aromatic ring is 1. The number of nitrogens with two attached hydrogens (primary N) is 2. The highest BCUT2D eigenvalue weighted by atomic mass is 16.3. The molecule has 0 aliphatic carbocycles. The Hall–Kier alpha value is -1.86. The molecule has 0 fully saturated rings. The molecule has 2 amide bonds. The predicted molar refractivity (Wildman–Crippen MR) is 74.4 cm³/mol. The minimum Gasteiger partial charge on any atom is -0.464 e. The van der Waals surface area contributed by atoms with Crippen LogP contribution in [0.4, 0.5) is 0 Å². The molecule has 0 aliphatic heterocycles. The van der Waals surface area contributed by atoms with Crippen LogP contribution >= 0.6 is 0 Å². The van der Waals surface area contributed by atoms with Crippen LogP contribution in [0.15, 0.2) is 10.5 Å². The Kier molecular flexibility index (Phi) is 5.72. The van der Waals surface area contributed by atoms with Gasteiger partial charge in [0, 0.05) is 6.54 Å². The first kappa shape index (κ1) is 16.2. The van der Waals surface area contributed by atoms with Crippen molar-refractivity contribution in [2.24, 2.45) is 17.5 Å². The summed E-state index contributed by atoms with van der Waals surface area (Å²) in [5, 5.41) is 0. The van der Waals surface area contributed by atoms with E-state index in [0.717, 1.165) is 0 Å². The second-order valence-electron chi connectivity index (χ2n) is 5.19. The van der Waals surface area contributed by atoms with Crippen molar-refractivity contribution >= 4 is 11.8 Å². The molecule has 0 saturated heterocycles. The molecule has 0 aliphatic rings. The van der Waals surface area contributed by atoms with Crippen LogP contribution in [0.25, 0.3) is 0 Å². The third kappa shape index (κ3) is 4.67. The molecule has 1 aromatic heterocycles. The first-order chi connectivity index (χ1) is 9.33. The van der Waals surface area contributed by atoms with Gasteiger partial charge in [-0.3, -0.25) is 19.9 Å². The molecule has 0 spiro atoms. The number of hydrogen-bond acceptors (Lipinski definition) is 5. The van der Waals surface area contributed by atoms with E-state index in [0.29, 0.717) is 36.1 Å². The fourth-order valence-corrected chi connectivity index (χ4v) is 2.07. The summed E-state index contributed by atoms with van der Waals surface area (Å²) in [6.07, 6.45) is 0. The Morgan fingerprint density at radius 1 is 1.45 bits per heavy atom. The zero-order chi connectivity index (χ0) is 15.3. The van der Waals surface area contributed by atoms with E-state index >= 15 is 0 Å². The Morgan fingerprint density at radius 2 is 2.10 bits per heavy atom. The summed E-state index contributed by atoms with van der Waals surface area (Å²) in [7, 11) is 0. The number of furan rings is 1. The zero-order valence-electron chi connectivity index (χ0n) is 12.1. The van der Waals surface area contributed by atoms with Gasteiger partial charge in [-0.25, -0.2) is 5.84 Å². The molecule has 7 heteroatoms. The molecule has 20 heavy (non-hydrogen) atoms. The molecule has 7 nitrogen and oxygen atoms in total. The number of primary amides is 1. The lowest BCUT2D eigenvalue weighted by Gasteiger charge is -2.21. The van der Waals surface area contributed by atoms with Crippen molar-refractivity contribution in [3.63, 3.8) is 0 Å². The van der Waals surface area contributed by atoms with Gasteiger partial charge in [0.2, 0.25) is 5.91 Å². The van der Waals surface area contributed by atoms with Gasteiger partial charge >= 0.3 is 0 Å². The summed E-state index contributed by atoms with van der Waals surface area (Å²) >= 11 is 0. The highest BCUT2D eigenvalue weighted by molar-refractivity contribution is 5.94. The number of carbonyl (C=O) groups is 2. The topological polar surface area (TPSA) is 115 Å². The Morgan fingerprint density at radius 3 is 2.60 bits per heavy atom. The molecule has 0 aromatic carbocycles. The molecular weight excluding hydrogens is 260 g/mol. The quantitative estimate of drug-likeness (QED) is 0.374. The van der Waals surface area contributed by atoms with E-state index in [2.05, 4.69) is 19.3 Å². The van der Waals surface area contributed by atoms with Gasteiger partial charge in [0.25, 0.3) is 5.91 Å². The molecule has 112 valence electrons. The van der Waals surface area contributed by atoms with E-state index in [9.17, 15) is 9.59 Å². The summed E-state index contributed by atoms with van der Waals surface area (Å²) in [4.78, 5) is 24.5. The largest absolute Gasteiger partial charge is 0.464 e. The molecule has 1 aromatic rings. The van der Waals surface area contributed by atoms with Crippen LogP contribution in [-0.2, 0) is 11.3 Å². The standard InChI is InChI=1S/C13H22N4O3/c1-8(2)5-17(7-12(14)18)6-10-4-11(9(3)20-10)13(19)16-15/h4,8H,5-7,15H2,1-3H3,(H2,14,18)(H,16,19). The van der Waals surface area contributed by atoms with Crippen molar-refractivity contribution in [3.05, 3.63) is 23.2 Å². The number of amides is 2. The third-order valence-corrected chi connectivity index (χ3v) is 2.73. The van der Waals surface area contributed by atoms with Gasteiger partial charge < -0.3 is 10.2 Å². The van der Waals surface area contributed by atoms with E-state index in [1.807, 2.05) is 4.90 Å². The summed E-state index contributed by atoms with van der Waals surface area (Å²) < 4.78 is 5.52. The van der Waals surface area contributed by atoms with Crippen LogP contribution in [0.3, 0.4) is 0 Å². The normalized spacial score (nSPS) is 11.1. The SMILES string of the molecule is Cc1oc(CN(CC(N)=O)CC(C)C)cc1C(=O)NN. The van der Waals surface area contributed by atoms with E-state index in [1.54, 1.807) is 13.0 Å². The number of hydrogen-bond donors (Lipinski definition) is 3. The fourth-order valence-electron chi connectivity index (χ4n) is 2.07. The van der Waals surface area contributed by atoms with Gasteiger partial charge in [-0.05, 0) is 18.9 Å². The summed E-state index contributed by atoms with van der Waals surface area (Å²) in [5.41, 5.74) is 7.70. The molecule has 5 N–H and O–H groups in total. The number of nitrogens with one attached hydrogen (secondary N) is 1. The fraction of sp³-hybridized carbons (Fsp3) is 0.538. The van der Waals surface area contributed by atoms with Crippen LogP contribution in [-0.4, -0.2) is 29.8 Å². The Bertz CT molecular complexity index is 482. The predicted octanol–water partition coefficient (Wildman–Crippen LogP) is 0.135. The van der Waals surface area contributed by atoms with E-state index < -0.39 is 11.8 Å². The average Bonchev–Trinajstić information content (AvgIpc) is 2.67. The lowest BCUT2D eigenvalue weighted by atomic mass is 10.2. The van der Waals surface area contributed by atoms with Crippen LogP contribution in [0.1, 0.15) is 35.7 Å². The van der Waals surface area contributed by atoms with Gasteiger partial charge in [0.05, 0.1) is 18.7 Å². The molecule has 1 heterocycles. The van der Waals surface area contributed by atoms with Crippen molar-refractivity contribution < 1.29 is 14.0 Å². The molecule has 1 rings (SSSR count). The molecule has 0 saturated carbocycles. The molecular formula is C13H22N4O3. The maximum absolute atomic E-state index is 11.5. The molecule has 0 radical (unpaired) electrons. The summed E-state index contributed by atoms with van der Waals surface area (Å²) in [6.45, 7) is 7.07. The number of hydrazine groups is 1. The second-order valence-corrected chi connectivity index (χ2v) is 5.19. The minimum atomic E-state index is -0.400. The molecule has 0 unspecified atom stereocenters. The summed E-state index contributed by atoms with van der Waals surface area (Å²) in [6, 6.07) is 1.63. The van der Waals surface area contributed by atoms with Gasteiger partial charge in [0.1, 0.15) is 11.5 Å². The van der Waals surface area contributed by atoms with E-state index in [1.165, 1.54) is 0 Å². The number of nitrogens with zero attached hydrogens (tertiary/aromatic N) is 1. The van der Waals surface area contributed by atoms with Gasteiger partial charge in [-0.1, -0.05) is 13.8 Å². The summed E-state index contributed by atoms with van der Waals surface area (Å²) in [5.74, 6) is 5.79. The third-order valence-electron chi connectivity index (χ3n) is 2.73. The highest BCUT2D eigenvalue weighted by Gasteiger charge is 2.17. The lowest BCUT2D eigenvalue weighted by Crippen LogP contribution is -2.35. The second kappa shape index (κ2) is 7.06. The first-order valence-corrected chi connectivity index (χ1v) is 6.44. The monoisotopic (exact) mass is 282 g/mol. The smallest absolute Gasteiger partial charge is 0.268 e. The zero-order valence-corrected chi connectivity index (χ0v) is 12.1. The van der Waals surface area contributed by atoms with Crippen molar-refractivity contribution in [2.75, 3.05) is 13.1 Å². The van der Waals surface area contributed by atoms with Crippen LogP contribution < -0.4 is 17.0 Å². The van der Waals surface area contributed by atoms with Crippen LogP contribution in [0.2, 0.25) is 0 Å². The van der Waals surface area contributed by atoms with E-state index in [-0.39, 0.29) is 6.54 Å². The molecule has 0 atom stereocenters. The van der Waals surface area contributed by atoms with Gasteiger partial charge in [0.15, 0.2) is 0 Å². The number of aryl methyl sites for hydroxylation is 1. The van der Waals surface area contributed by atoms with Crippen LogP contribution in [0, 0.1) is 12.8 Å². The van der Waals surface area contributed by atoms with E-state index in [4.69, 9.17) is 16.0 Å². The maximum atomic E-state index is 11.5.